The maximum Gasteiger partial charge on any atom is 0.00718 e. The summed E-state index contributed by atoms with van der Waals surface area (Å²) in [6.45, 7) is 3.71. The summed E-state index contributed by atoms with van der Waals surface area (Å²) in [6.07, 6.45) is 4.00. The summed E-state index contributed by atoms with van der Waals surface area (Å²) in [5.41, 5.74) is 2.73. The Morgan fingerprint density at radius 1 is 1.17 bits per heavy atom. The number of alkyl halides is 1. The molecule has 0 aliphatic heterocycles. The Balaban J connectivity index is 2.64. The molecule has 0 unspecified atom stereocenters. The van der Waals surface area contributed by atoms with Gasteiger partial charge in [-0.1, -0.05) is 46.3 Å². The van der Waals surface area contributed by atoms with Crippen LogP contribution in [0.5, 0.6) is 0 Å². The van der Waals surface area contributed by atoms with Gasteiger partial charge in [-0.15, -0.1) is 6.58 Å². The number of rotatable bonds is 4. The highest BCUT2D eigenvalue weighted by atomic mass is 79.9. The largest absolute Gasteiger partial charge is 0.103 e. The average Bonchev–Trinajstić information content (AvgIpc) is 2.09. The maximum atomic E-state index is 3.71. The van der Waals surface area contributed by atoms with Crippen LogP contribution in [-0.4, -0.2) is 5.33 Å². The standard InChI is InChI=1S/C11H13Br/c1-2-3-10-4-6-11(7-5-10)8-9-12/h2,4-7H,1,3,8-9H2. The highest BCUT2D eigenvalue weighted by molar-refractivity contribution is 9.09. The van der Waals surface area contributed by atoms with Gasteiger partial charge in [0.1, 0.15) is 0 Å². The molecular weight excluding hydrogens is 212 g/mol. The first-order valence-corrected chi connectivity index (χ1v) is 5.23. The van der Waals surface area contributed by atoms with Gasteiger partial charge in [0.25, 0.3) is 0 Å². The number of aryl methyl sites for hydroxylation is 1. The number of hydrogen-bond donors (Lipinski definition) is 0. The summed E-state index contributed by atoms with van der Waals surface area (Å²) >= 11 is 3.42. The van der Waals surface area contributed by atoms with Gasteiger partial charge >= 0.3 is 0 Å². The topological polar surface area (TPSA) is 0 Å². The lowest BCUT2D eigenvalue weighted by Gasteiger charge is -1.99. The van der Waals surface area contributed by atoms with E-state index in [1.165, 1.54) is 11.1 Å². The fraction of sp³-hybridized carbons (Fsp3) is 0.273. The molecule has 1 heteroatoms. The molecule has 0 radical (unpaired) electrons. The van der Waals surface area contributed by atoms with E-state index in [4.69, 9.17) is 0 Å². The van der Waals surface area contributed by atoms with Crippen molar-refractivity contribution in [1.82, 2.24) is 0 Å². The molecule has 0 spiro atoms. The number of allylic oxidation sites excluding steroid dienone is 1. The Kier molecular flexibility index (Phi) is 4.09. The third-order valence-corrected chi connectivity index (χ3v) is 2.18. The molecule has 0 N–H and O–H groups in total. The van der Waals surface area contributed by atoms with Crippen molar-refractivity contribution in [3.8, 4) is 0 Å². The van der Waals surface area contributed by atoms with E-state index in [2.05, 4.69) is 46.8 Å². The molecule has 1 rings (SSSR count). The second kappa shape index (κ2) is 5.15. The van der Waals surface area contributed by atoms with Crippen LogP contribution in [0, 0.1) is 0 Å². The molecule has 0 amide bonds. The zero-order chi connectivity index (χ0) is 8.81. The first-order chi connectivity index (χ1) is 5.86. The van der Waals surface area contributed by atoms with Gasteiger partial charge in [0.2, 0.25) is 0 Å². The molecule has 0 heterocycles. The summed E-state index contributed by atoms with van der Waals surface area (Å²) in [6, 6.07) is 8.69. The first-order valence-electron chi connectivity index (χ1n) is 4.11. The Hall–Kier alpha value is -0.560. The van der Waals surface area contributed by atoms with Crippen LogP contribution in [0.1, 0.15) is 11.1 Å². The van der Waals surface area contributed by atoms with Crippen molar-refractivity contribution in [3.63, 3.8) is 0 Å². The predicted octanol–water partition coefficient (Wildman–Crippen LogP) is 3.35. The van der Waals surface area contributed by atoms with Gasteiger partial charge in [0.05, 0.1) is 0 Å². The normalized spacial score (nSPS) is 9.75. The van der Waals surface area contributed by atoms with E-state index < -0.39 is 0 Å². The molecule has 1 aromatic rings. The van der Waals surface area contributed by atoms with Crippen molar-refractivity contribution in [3.05, 3.63) is 48.0 Å². The third-order valence-electron chi connectivity index (χ3n) is 1.79. The highest BCUT2D eigenvalue weighted by Gasteiger charge is 1.91. The maximum absolute atomic E-state index is 3.71. The van der Waals surface area contributed by atoms with Crippen molar-refractivity contribution in [2.75, 3.05) is 5.33 Å². The molecule has 0 nitrogen and oxygen atoms in total. The van der Waals surface area contributed by atoms with E-state index in [-0.39, 0.29) is 0 Å². The number of halogens is 1. The minimum absolute atomic E-state index is 0.967. The van der Waals surface area contributed by atoms with E-state index in [0.29, 0.717) is 0 Å². The SMILES string of the molecule is C=CCc1ccc(CCBr)cc1. The van der Waals surface area contributed by atoms with Gasteiger partial charge in [-0.2, -0.15) is 0 Å². The molecular formula is C11H13Br. The molecule has 12 heavy (non-hydrogen) atoms. The van der Waals surface area contributed by atoms with Gasteiger partial charge in [-0.3, -0.25) is 0 Å². The van der Waals surface area contributed by atoms with E-state index in [1.807, 2.05) is 6.08 Å². The van der Waals surface area contributed by atoms with Crippen molar-refractivity contribution < 1.29 is 0 Å². The number of hydrogen-bond acceptors (Lipinski definition) is 0. The summed E-state index contributed by atoms with van der Waals surface area (Å²) in [4.78, 5) is 0. The van der Waals surface area contributed by atoms with E-state index in [9.17, 15) is 0 Å². The second-order valence-corrected chi connectivity index (χ2v) is 3.54. The van der Waals surface area contributed by atoms with Gasteiger partial charge in [-0.25, -0.2) is 0 Å². The summed E-state index contributed by atoms with van der Waals surface area (Å²) in [5.74, 6) is 0. The quantitative estimate of drug-likeness (QED) is 0.544. The lowest BCUT2D eigenvalue weighted by Crippen LogP contribution is -1.86. The Morgan fingerprint density at radius 3 is 2.25 bits per heavy atom. The van der Waals surface area contributed by atoms with Gasteiger partial charge < -0.3 is 0 Å². The Morgan fingerprint density at radius 2 is 1.75 bits per heavy atom. The molecule has 0 saturated heterocycles. The van der Waals surface area contributed by atoms with Crippen LogP contribution in [0.4, 0.5) is 0 Å². The first kappa shape index (κ1) is 9.53. The van der Waals surface area contributed by atoms with Crippen molar-refractivity contribution in [1.29, 1.82) is 0 Å². The fourth-order valence-electron chi connectivity index (χ4n) is 1.12. The Bertz CT molecular complexity index is 236. The molecule has 0 atom stereocenters. The van der Waals surface area contributed by atoms with Gasteiger partial charge in [0.15, 0.2) is 0 Å². The molecule has 0 fully saturated rings. The molecule has 64 valence electrons. The third kappa shape index (κ3) is 2.82. The van der Waals surface area contributed by atoms with Gasteiger partial charge in [0, 0.05) is 5.33 Å². The van der Waals surface area contributed by atoms with E-state index >= 15 is 0 Å². The molecule has 0 bridgehead atoms. The number of benzene rings is 1. The highest BCUT2D eigenvalue weighted by Crippen LogP contribution is 2.06. The van der Waals surface area contributed by atoms with Crippen LogP contribution in [0.3, 0.4) is 0 Å². The fourth-order valence-corrected chi connectivity index (χ4v) is 1.58. The monoisotopic (exact) mass is 224 g/mol. The smallest absolute Gasteiger partial charge is 0.00718 e. The van der Waals surface area contributed by atoms with Crippen LogP contribution < -0.4 is 0 Å². The van der Waals surface area contributed by atoms with Crippen LogP contribution in [-0.2, 0) is 12.8 Å². The van der Waals surface area contributed by atoms with Crippen molar-refractivity contribution in [2.24, 2.45) is 0 Å². The van der Waals surface area contributed by atoms with Crippen molar-refractivity contribution >= 4 is 15.9 Å². The minimum Gasteiger partial charge on any atom is -0.103 e. The van der Waals surface area contributed by atoms with Gasteiger partial charge in [-0.05, 0) is 24.0 Å². The van der Waals surface area contributed by atoms with E-state index in [0.717, 1.165) is 18.2 Å². The van der Waals surface area contributed by atoms with E-state index in [1.54, 1.807) is 0 Å². The summed E-state index contributed by atoms with van der Waals surface area (Å²) in [7, 11) is 0. The van der Waals surface area contributed by atoms with Crippen LogP contribution in [0.2, 0.25) is 0 Å². The molecule has 0 saturated carbocycles. The van der Waals surface area contributed by atoms with Crippen LogP contribution in [0.25, 0.3) is 0 Å². The molecule has 0 aromatic heterocycles. The second-order valence-electron chi connectivity index (χ2n) is 2.75. The summed E-state index contributed by atoms with van der Waals surface area (Å²) < 4.78 is 0. The lowest BCUT2D eigenvalue weighted by atomic mass is 10.1. The zero-order valence-electron chi connectivity index (χ0n) is 7.09. The molecule has 0 aliphatic rings. The molecule has 1 aromatic carbocycles. The average molecular weight is 225 g/mol. The predicted molar refractivity (Wildman–Crippen MR) is 57.8 cm³/mol. The lowest BCUT2D eigenvalue weighted by molar-refractivity contribution is 1.15. The van der Waals surface area contributed by atoms with Crippen LogP contribution in [0.15, 0.2) is 36.9 Å². The molecule has 0 aliphatic carbocycles. The van der Waals surface area contributed by atoms with Crippen LogP contribution >= 0.6 is 15.9 Å². The minimum atomic E-state index is 0.967. The van der Waals surface area contributed by atoms with Crippen molar-refractivity contribution in [2.45, 2.75) is 12.8 Å². The zero-order valence-corrected chi connectivity index (χ0v) is 8.68. The summed E-state index contributed by atoms with van der Waals surface area (Å²) in [5, 5.41) is 1.04. The Labute approximate surface area is 82.4 Å².